The Labute approximate surface area is 159 Å². The Kier molecular flexibility index (Phi) is 5.09. The van der Waals surface area contributed by atoms with E-state index in [0.29, 0.717) is 19.7 Å². The minimum Gasteiger partial charge on any atom is -0.494 e. The van der Waals surface area contributed by atoms with E-state index in [-0.39, 0.29) is 6.03 Å². The number of hydrogen-bond donors (Lipinski definition) is 1. The highest BCUT2D eigenvalue weighted by atomic mass is 16.5. The number of ether oxygens (including phenoxy) is 1. The van der Waals surface area contributed by atoms with Crippen molar-refractivity contribution < 1.29 is 9.53 Å². The highest BCUT2D eigenvalue weighted by Gasteiger charge is 2.23. The Hall–Kier alpha value is -2.83. The predicted molar refractivity (Wildman–Crippen MR) is 104 cm³/mol. The molecule has 0 atom stereocenters. The largest absolute Gasteiger partial charge is 0.494 e. The first-order valence-corrected chi connectivity index (χ1v) is 9.62. The topological polar surface area (TPSA) is 70.6 Å². The molecule has 2 aromatic rings. The number of nitrogens with one attached hydrogen (secondary N) is 1. The zero-order valence-electron chi connectivity index (χ0n) is 15.6. The number of benzene rings is 1. The van der Waals surface area contributed by atoms with E-state index in [1.165, 1.54) is 12.0 Å². The first-order valence-electron chi connectivity index (χ1n) is 9.62. The maximum absolute atomic E-state index is 12.5. The number of anilines is 2. The van der Waals surface area contributed by atoms with E-state index >= 15 is 0 Å². The van der Waals surface area contributed by atoms with Crippen LogP contribution in [0.3, 0.4) is 0 Å². The van der Waals surface area contributed by atoms with E-state index in [1.807, 2.05) is 36.1 Å². The lowest BCUT2D eigenvalue weighted by Crippen LogP contribution is -2.50. The predicted octanol–water partition coefficient (Wildman–Crippen LogP) is 2.72. The number of urea groups is 1. The van der Waals surface area contributed by atoms with Crippen LogP contribution in [-0.2, 0) is 12.8 Å². The van der Waals surface area contributed by atoms with Crippen LogP contribution in [0.5, 0.6) is 5.75 Å². The molecule has 142 valence electrons. The molecule has 1 aromatic carbocycles. The maximum Gasteiger partial charge on any atom is 0.321 e. The zero-order chi connectivity index (χ0) is 18.6. The van der Waals surface area contributed by atoms with Crippen LogP contribution in [-0.4, -0.2) is 53.9 Å². The molecule has 2 amide bonds. The summed E-state index contributed by atoms with van der Waals surface area (Å²) in [5.41, 5.74) is 3.25. The second-order valence-electron chi connectivity index (χ2n) is 6.89. The van der Waals surface area contributed by atoms with Crippen LogP contribution >= 0.6 is 0 Å². The molecule has 0 unspecified atom stereocenters. The van der Waals surface area contributed by atoms with Crippen LogP contribution in [0.4, 0.5) is 16.3 Å². The van der Waals surface area contributed by atoms with Gasteiger partial charge in [-0.15, -0.1) is 5.10 Å². The fraction of sp³-hybridized carbons (Fsp3) is 0.450. The van der Waals surface area contributed by atoms with E-state index < -0.39 is 0 Å². The molecule has 4 rings (SSSR count). The Bertz CT molecular complexity index is 801. The van der Waals surface area contributed by atoms with Gasteiger partial charge in [-0.05, 0) is 62.1 Å². The van der Waals surface area contributed by atoms with Crippen LogP contribution in [0.1, 0.15) is 24.6 Å². The smallest absolute Gasteiger partial charge is 0.321 e. The highest BCUT2D eigenvalue weighted by molar-refractivity contribution is 5.89. The number of piperazine rings is 1. The summed E-state index contributed by atoms with van der Waals surface area (Å²) in [7, 11) is 0. The molecule has 7 nitrogen and oxygen atoms in total. The van der Waals surface area contributed by atoms with Gasteiger partial charge in [-0.1, -0.05) is 0 Å². The minimum absolute atomic E-state index is 0.0705. The molecule has 0 radical (unpaired) electrons. The van der Waals surface area contributed by atoms with Crippen molar-refractivity contribution >= 4 is 17.5 Å². The van der Waals surface area contributed by atoms with E-state index in [9.17, 15) is 4.79 Å². The zero-order valence-corrected chi connectivity index (χ0v) is 15.6. The van der Waals surface area contributed by atoms with Gasteiger partial charge in [-0.25, -0.2) is 4.79 Å². The van der Waals surface area contributed by atoms with Crippen molar-refractivity contribution in [3.8, 4) is 5.75 Å². The Balaban J connectivity index is 1.31. The number of aryl methyl sites for hydroxylation is 2. The van der Waals surface area contributed by atoms with E-state index in [2.05, 4.69) is 26.5 Å². The van der Waals surface area contributed by atoms with Crippen LogP contribution in [0.25, 0.3) is 0 Å². The van der Waals surface area contributed by atoms with Crippen molar-refractivity contribution in [2.45, 2.75) is 26.2 Å². The second kappa shape index (κ2) is 7.82. The summed E-state index contributed by atoms with van der Waals surface area (Å²) in [6.45, 7) is 5.45. The molecule has 7 heteroatoms. The summed E-state index contributed by atoms with van der Waals surface area (Å²) in [6.07, 6.45) is 3.32. The number of rotatable bonds is 4. The lowest BCUT2D eigenvalue weighted by molar-refractivity contribution is 0.208. The molecule has 2 heterocycles. The summed E-state index contributed by atoms with van der Waals surface area (Å²) in [5.74, 6) is 1.74. The number of amides is 2. The van der Waals surface area contributed by atoms with Crippen LogP contribution in [0.15, 0.2) is 30.3 Å². The normalized spacial score (nSPS) is 16.2. The highest BCUT2D eigenvalue weighted by Crippen LogP contribution is 2.23. The molecule has 1 saturated heterocycles. The van der Waals surface area contributed by atoms with Crippen molar-refractivity contribution in [1.29, 1.82) is 0 Å². The third-order valence-corrected chi connectivity index (χ3v) is 5.11. The lowest BCUT2D eigenvalue weighted by Gasteiger charge is -2.35. The molecule has 1 aliphatic heterocycles. The number of fused-ring (bicyclic) bond motifs is 1. The molecular formula is C20H25N5O2. The van der Waals surface area contributed by atoms with Gasteiger partial charge in [0.2, 0.25) is 0 Å². The van der Waals surface area contributed by atoms with Gasteiger partial charge in [0, 0.05) is 31.9 Å². The van der Waals surface area contributed by atoms with E-state index in [0.717, 1.165) is 48.9 Å². The SMILES string of the molecule is CCOc1ccc(NC(=O)N2CCN(c3cc4c(nn3)CCC4)CC2)cc1. The molecular weight excluding hydrogens is 342 g/mol. The summed E-state index contributed by atoms with van der Waals surface area (Å²) < 4.78 is 5.42. The molecule has 2 aliphatic rings. The van der Waals surface area contributed by atoms with Gasteiger partial charge >= 0.3 is 6.03 Å². The van der Waals surface area contributed by atoms with Gasteiger partial charge in [-0.3, -0.25) is 0 Å². The van der Waals surface area contributed by atoms with Crippen LogP contribution in [0, 0.1) is 0 Å². The summed E-state index contributed by atoms with van der Waals surface area (Å²) in [5, 5.41) is 11.7. The second-order valence-corrected chi connectivity index (χ2v) is 6.89. The summed E-state index contributed by atoms with van der Waals surface area (Å²) >= 11 is 0. The summed E-state index contributed by atoms with van der Waals surface area (Å²) in [4.78, 5) is 16.6. The first-order chi connectivity index (χ1) is 13.2. The molecule has 0 bridgehead atoms. The average molecular weight is 367 g/mol. The van der Waals surface area contributed by atoms with Crippen molar-refractivity contribution in [2.24, 2.45) is 0 Å². The number of nitrogens with zero attached hydrogens (tertiary/aromatic N) is 4. The molecule has 0 saturated carbocycles. The fourth-order valence-corrected chi connectivity index (χ4v) is 3.61. The number of hydrogen-bond acceptors (Lipinski definition) is 5. The van der Waals surface area contributed by atoms with Crippen molar-refractivity contribution in [3.05, 3.63) is 41.6 Å². The number of carbonyl (C=O) groups is 1. The van der Waals surface area contributed by atoms with Gasteiger partial charge in [-0.2, -0.15) is 5.10 Å². The monoisotopic (exact) mass is 367 g/mol. The quantitative estimate of drug-likeness (QED) is 0.900. The van der Waals surface area contributed by atoms with Crippen molar-refractivity contribution in [3.63, 3.8) is 0 Å². The van der Waals surface area contributed by atoms with Gasteiger partial charge in [0.05, 0.1) is 12.3 Å². The van der Waals surface area contributed by atoms with Gasteiger partial charge in [0.15, 0.2) is 5.82 Å². The average Bonchev–Trinajstić information content (AvgIpc) is 3.17. The molecule has 1 fully saturated rings. The third-order valence-electron chi connectivity index (χ3n) is 5.11. The van der Waals surface area contributed by atoms with Gasteiger partial charge in [0.25, 0.3) is 0 Å². The number of aromatic nitrogens is 2. The Morgan fingerprint density at radius 2 is 1.89 bits per heavy atom. The maximum atomic E-state index is 12.5. The van der Waals surface area contributed by atoms with Gasteiger partial charge in [0.1, 0.15) is 5.75 Å². The molecule has 1 aromatic heterocycles. The lowest BCUT2D eigenvalue weighted by atomic mass is 10.2. The molecule has 1 aliphatic carbocycles. The fourth-order valence-electron chi connectivity index (χ4n) is 3.61. The Morgan fingerprint density at radius 3 is 2.63 bits per heavy atom. The van der Waals surface area contributed by atoms with E-state index in [1.54, 1.807) is 0 Å². The van der Waals surface area contributed by atoms with Gasteiger partial charge < -0.3 is 19.9 Å². The van der Waals surface area contributed by atoms with E-state index in [4.69, 9.17) is 4.74 Å². The standard InChI is InChI=1S/C20H25N5O2/c1-2-27-17-8-6-16(7-9-17)21-20(26)25-12-10-24(11-13-25)19-14-15-4-3-5-18(15)22-23-19/h6-9,14H,2-5,10-13H2,1H3,(H,21,26). The Morgan fingerprint density at radius 1 is 1.11 bits per heavy atom. The first kappa shape index (κ1) is 17.6. The third kappa shape index (κ3) is 3.97. The van der Waals surface area contributed by atoms with Crippen LogP contribution in [0.2, 0.25) is 0 Å². The summed E-state index contributed by atoms with van der Waals surface area (Å²) in [6, 6.07) is 9.55. The van der Waals surface area contributed by atoms with Crippen LogP contribution < -0.4 is 15.0 Å². The minimum atomic E-state index is -0.0705. The molecule has 27 heavy (non-hydrogen) atoms. The van der Waals surface area contributed by atoms with Crippen molar-refractivity contribution in [2.75, 3.05) is 43.0 Å². The number of carbonyl (C=O) groups excluding carboxylic acids is 1. The van der Waals surface area contributed by atoms with Crippen molar-refractivity contribution in [1.82, 2.24) is 15.1 Å². The molecule has 1 N–H and O–H groups in total. The molecule has 0 spiro atoms.